The van der Waals surface area contributed by atoms with E-state index in [4.69, 9.17) is 78.1 Å². The number of aliphatic carboxylic acids is 2. The summed E-state index contributed by atoms with van der Waals surface area (Å²) in [6.07, 6.45) is 2.34. The molecule has 0 saturated heterocycles. The summed E-state index contributed by atoms with van der Waals surface area (Å²) in [5.74, 6) is -3.40. The SMILES string of the molecule is Nc1cc(Cl)c2nonc2c1[N+](=O)[O-].O=C(O)CCS1=CC=C([N+](=O)[O-])c2nonc21.O=C(O)CSc1cc(Cl)c2nonc2c1[N+](=O)[O-].O=C(O)c1c[nH]c2ccc(S(=O)(=O)Cl)cc2c1=O.O=[N+]([O-])c1c(Cl)cc(Cl)c2nonc12. The molecule has 6 heterocycles. The van der Waals surface area contributed by atoms with Crippen molar-refractivity contribution in [1.29, 1.82) is 0 Å². The molecule has 0 spiro atoms. The highest BCUT2D eigenvalue weighted by atomic mass is 35.7. The Morgan fingerprint density at radius 2 is 1.20 bits per heavy atom. The van der Waals surface area contributed by atoms with Crippen molar-refractivity contribution >= 4 is 184 Å². The number of anilines is 1. The van der Waals surface area contributed by atoms with Crippen molar-refractivity contribution in [3.63, 3.8) is 0 Å². The third kappa shape index (κ3) is 14.2. The molecule has 10 rings (SSSR count). The molecule has 0 radical (unpaired) electrons. The predicted octanol–water partition coefficient (Wildman–Crippen LogP) is 7.52. The third-order valence-corrected chi connectivity index (χ3v) is 15.1. The Hall–Kier alpha value is -9.05. The number of thioether (sulfide) groups is 1. The van der Waals surface area contributed by atoms with Crippen LogP contribution in [0.3, 0.4) is 0 Å². The fraction of sp³-hybridized carbons (Fsp3) is 0.0789. The Labute approximate surface area is 473 Å². The summed E-state index contributed by atoms with van der Waals surface area (Å²) in [6.45, 7) is 0. The maximum absolute atomic E-state index is 11.8. The molecule has 1 aliphatic rings. The lowest BCUT2D eigenvalue weighted by Gasteiger charge is -2.07. The molecule has 1 aliphatic heterocycles. The fourth-order valence-electron chi connectivity index (χ4n) is 6.25. The Kier molecular flexibility index (Phi) is 19.5. The van der Waals surface area contributed by atoms with Crippen molar-refractivity contribution in [3.05, 3.63) is 131 Å². The van der Waals surface area contributed by atoms with Crippen LogP contribution >= 0.6 is 79.3 Å². The number of nitrogens with zero attached hydrogens (tertiary/aromatic N) is 12. The van der Waals surface area contributed by atoms with Gasteiger partial charge in [0.15, 0.2) is 21.6 Å². The Bertz CT molecular complexity index is 4210. The number of carbonyl (C=O) groups is 3. The number of nitrogen functional groups attached to an aromatic ring is 1. The number of halogens is 5. The molecule has 4 aromatic carbocycles. The van der Waals surface area contributed by atoms with E-state index in [9.17, 15) is 68.1 Å². The lowest BCUT2D eigenvalue weighted by atomic mass is 10.1. The molecule has 0 saturated carbocycles. The molecule has 0 aliphatic carbocycles. The Balaban J connectivity index is 0.000000164. The fourth-order valence-corrected chi connectivity index (χ4v) is 10.6. The molecule has 0 fully saturated rings. The van der Waals surface area contributed by atoms with E-state index in [1.807, 2.05) is 0 Å². The van der Waals surface area contributed by atoms with Gasteiger partial charge in [-0.1, -0.05) is 46.4 Å². The summed E-state index contributed by atoms with van der Waals surface area (Å²) < 4.78 is 39.9. The second-order valence-corrected chi connectivity index (χ2v) is 21.8. The van der Waals surface area contributed by atoms with Crippen LogP contribution in [0.1, 0.15) is 22.5 Å². The molecular weight excluding hydrogens is 1260 g/mol. The largest absolute Gasteiger partial charge is 0.481 e. The standard InChI is InChI=1S/C10H6ClNO5S.C8H4ClN3O5S.C8H7N3O5S.C6HCl2N3O3.C6H3ClN4O3/c11-18(16,17)5-1-2-8-6(3-5)9(13)7(4-12-8)10(14)15;9-3-1-4(18-2-5(13)14)8(12(15)16)7-6(3)10-17-11-7;12-6(13)2-4-17-3-1-5(11(14)15)7-8(17)10-16-9-7;2*7-2-1-3(8)6(11(12)13)5-4(2)9-14-10-5/h1-4H,(H,12,13)(H,14,15);1H,2H2,(H,13,14);1,3H,2,4H2,(H,12,13);1H;1H,8H2. The molecule has 1 unspecified atom stereocenters. The topological polar surface area (TPSA) is 533 Å². The summed E-state index contributed by atoms with van der Waals surface area (Å²) in [6, 6.07) is 7.36. The highest BCUT2D eigenvalue weighted by molar-refractivity contribution is 8.15. The lowest BCUT2D eigenvalue weighted by molar-refractivity contribution is -0.386. The van der Waals surface area contributed by atoms with Gasteiger partial charge in [-0.15, -0.1) is 22.2 Å². The smallest absolute Gasteiger partial charge is 0.341 e. The van der Waals surface area contributed by atoms with Gasteiger partial charge in [0.25, 0.3) is 9.05 Å². The molecule has 0 bridgehead atoms. The van der Waals surface area contributed by atoms with Gasteiger partial charge in [0.2, 0.25) is 27.7 Å². The number of fused-ring (bicyclic) bond motifs is 5. The molecule has 5 aromatic heterocycles. The van der Waals surface area contributed by atoms with Crippen LogP contribution in [0.5, 0.6) is 0 Å². The minimum atomic E-state index is -3.97. The van der Waals surface area contributed by atoms with Crippen LogP contribution in [0.2, 0.25) is 20.1 Å². The lowest BCUT2D eigenvalue weighted by Crippen LogP contribution is -2.15. The van der Waals surface area contributed by atoms with E-state index in [0.29, 0.717) is 16.3 Å². The minimum Gasteiger partial charge on any atom is -0.481 e. The van der Waals surface area contributed by atoms with E-state index >= 15 is 0 Å². The third-order valence-electron chi connectivity index (χ3n) is 9.68. The van der Waals surface area contributed by atoms with E-state index in [1.165, 1.54) is 36.4 Å². The number of carboxylic acid groups (broad SMARTS) is 3. The van der Waals surface area contributed by atoms with Gasteiger partial charge in [-0.25, -0.2) is 31.7 Å². The number of carboxylic acids is 3. The molecular formula is C38H21Cl5N14O21S3. The number of rotatable bonds is 12. The molecule has 81 heavy (non-hydrogen) atoms. The number of nitrogens with one attached hydrogen (secondary N) is 1. The van der Waals surface area contributed by atoms with E-state index in [1.54, 1.807) is 5.37 Å². The van der Waals surface area contributed by atoms with Crippen LogP contribution in [0.4, 0.5) is 22.7 Å². The second kappa shape index (κ2) is 25.8. The van der Waals surface area contributed by atoms with Gasteiger partial charge in [-0.05, 0) is 83.0 Å². The summed E-state index contributed by atoms with van der Waals surface area (Å²) in [4.78, 5) is 86.4. The number of nitrogens with two attached hydrogens (primary N) is 1. The number of pyridine rings is 1. The molecule has 9 aromatic rings. The first kappa shape index (κ1) is 61.2. The maximum atomic E-state index is 11.8. The number of aromatic amines is 1. The van der Waals surface area contributed by atoms with E-state index in [2.05, 4.69) is 64.8 Å². The average molecular weight is 1280 g/mol. The van der Waals surface area contributed by atoms with E-state index < -0.39 is 68.1 Å². The average Bonchev–Trinajstić information content (AvgIpc) is 4.48. The monoisotopic (exact) mass is 1280 g/mol. The van der Waals surface area contributed by atoms with Crippen molar-refractivity contribution in [3.8, 4) is 0 Å². The van der Waals surface area contributed by atoms with Crippen LogP contribution in [-0.4, -0.2) is 124 Å². The summed E-state index contributed by atoms with van der Waals surface area (Å²) in [5.41, 5.74) is 3.44. The number of benzene rings is 4. The first-order valence-electron chi connectivity index (χ1n) is 20.4. The number of hydrogen-bond donors (Lipinski definition) is 5. The second-order valence-electron chi connectivity index (χ2n) is 14.6. The van der Waals surface area contributed by atoms with Crippen LogP contribution in [0, 0.1) is 40.5 Å². The molecule has 6 N–H and O–H groups in total. The van der Waals surface area contributed by atoms with Crippen LogP contribution in [0.25, 0.3) is 49.7 Å². The van der Waals surface area contributed by atoms with Gasteiger partial charge in [0.1, 0.15) is 16.3 Å². The number of hydrogen-bond acceptors (Lipinski definition) is 28. The van der Waals surface area contributed by atoms with Crippen molar-refractivity contribution in [2.24, 2.45) is 0 Å². The van der Waals surface area contributed by atoms with Crippen molar-refractivity contribution < 1.29 is 76.3 Å². The summed E-state index contributed by atoms with van der Waals surface area (Å²) in [5, 5.41) is 98.6. The van der Waals surface area contributed by atoms with Gasteiger partial charge in [0, 0.05) is 39.6 Å². The van der Waals surface area contributed by atoms with E-state index in [0.717, 1.165) is 24.0 Å². The zero-order chi connectivity index (χ0) is 59.8. The number of nitro benzene ring substituents is 3. The van der Waals surface area contributed by atoms with Gasteiger partial charge >= 0.3 is 40.7 Å². The Morgan fingerprint density at radius 3 is 1.72 bits per heavy atom. The molecule has 43 heteroatoms. The first-order valence-corrected chi connectivity index (χ1v) is 26.7. The molecule has 0 amide bonds. The highest BCUT2D eigenvalue weighted by Crippen LogP contribution is 2.40. The number of H-pyrrole nitrogens is 1. The van der Waals surface area contributed by atoms with Crippen molar-refractivity contribution in [2.45, 2.75) is 21.2 Å². The van der Waals surface area contributed by atoms with E-state index in [-0.39, 0.29) is 115 Å². The van der Waals surface area contributed by atoms with Crippen molar-refractivity contribution in [2.75, 3.05) is 17.2 Å². The summed E-state index contributed by atoms with van der Waals surface area (Å²) in [7, 11) is 0.585. The predicted molar refractivity (Wildman–Crippen MR) is 281 cm³/mol. The van der Waals surface area contributed by atoms with Gasteiger partial charge < -0.3 is 26.0 Å². The summed E-state index contributed by atoms with van der Waals surface area (Å²) >= 11 is 23.7. The van der Waals surface area contributed by atoms with Crippen LogP contribution < -0.4 is 11.2 Å². The number of aromatic nitrogens is 9. The maximum Gasteiger partial charge on any atom is 0.341 e. The van der Waals surface area contributed by atoms with Crippen LogP contribution in [0.15, 0.2) is 86.8 Å². The number of nitro groups is 4. The first-order chi connectivity index (χ1) is 38.1. The number of allylic oxidation sites excluding steroid dienone is 1. The minimum absolute atomic E-state index is 0.0342. The zero-order valence-electron chi connectivity index (χ0n) is 38.6. The highest BCUT2D eigenvalue weighted by Gasteiger charge is 2.30. The quantitative estimate of drug-likeness (QED) is 0.0197. The molecule has 35 nitrogen and oxygen atoms in total. The van der Waals surface area contributed by atoms with Crippen LogP contribution in [-0.2, 0) is 18.6 Å². The van der Waals surface area contributed by atoms with Gasteiger partial charge in [-0.3, -0.25) is 54.8 Å². The van der Waals surface area contributed by atoms with Gasteiger partial charge in [0.05, 0.1) is 56.7 Å². The van der Waals surface area contributed by atoms with Crippen molar-refractivity contribution in [1.82, 2.24) is 46.2 Å². The van der Waals surface area contributed by atoms with Gasteiger partial charge in [-0.2, -0.15) is 0 Å². The molecule has 1 atom stereocenters. The number of aromatic carboxylic acids is 1. The normalized spacial score (nSPS) is 12.4. The molecule has 422 valence electrons. The Morgan fingerprint density at radius 1 is 0.679 bits per heavy atom. The zero-order valence-corrected chi connectivity index (χ0v) is 44.8.